The molecule has 1 saturated carbocycles. The Morgan fingerprint density at radius 1 is 1.13 bits per heavy atom. The Bertz CT molecular complexity index is 1910. The number of benzene rings is 1. The van der Waals surface area contributed by atoms with E-state index in [4.69, 9.17) is 4.74 Å². The summed E-state index contributed by atoms with van der Waals surface area (Å²) in [6, 6.07) is 5.22. The second kappa shape index (κ2) is 12.2. The average Bonchev–Trinajstić information content (AvgIpc) is 3.56. The Kier molecular flexibility index (Phi) is 8.40. The van der Waals surface area contributed by atoms with Gasteiger partial charge in [-0.15, -0.1) is 5.10 Å². The summed E-state index contributed by atoms with van der Waals surface area (Å²) in [5, 5.41) is 19.5. The monoisotopic (exact) mass is 648 g/mol. The van der Waals surface area contributed by atoms with E-state index in [0.717, 1.165) is 57.9 Å². The van der Waals surface area contributed by atoms with Gasteiger partial charge >= 0.3 is 16.2 Å². The van der Waals surface area contributed by atoms with Gasteiger partial charge in [-0.3, -0.25) is 4.79 Å². The Labute approximate surface area is 268 Å². The van der Waals surface area contributed by atoms with E-state index in [1.807, 2.05) is 26.0 Å². The number of rotatable bonds is 8. The van der Waals surface area contributed by atoms with Crippen molar-refractivity contribution in [3.05, 3.63) is 76.5 Å². The number of allylic oxidation sites excluding steroid dienone is 5. The molecule has 13 heteroatoms. The van der Waals surface area contributed by atoms with E-state index >= 15 is 0 Å². The number of nitrogens with one attached hydrogen (secondary N) is 1. The summed E-state index contributed by atoms with van der Waals surface area (Å²) in [5.41, 5.74) is 4.39. The quantitative estimate of drug-likeness (QED) is 0.347. The number of carbonyl (C=O) groups is 2. The molecule has 46 heavy (non-hydrogen) atoms. The normalized spacial score (nSPS) is 20.2. The minimum absolute atomic E-state index is 0.0937. The zero-order valence-electron chi connectivity index (χ0n) is 26.7. The molecule has 3 aromatic rings. The van der Waals surface area contributed by atoms with Crippen LogP contribution in [0.25, 0.3) is 16.5 Å². The van der Waals surface area contributed by atoms with E-state index < -0.39 is 22.1 Å². The first-order valence-electron chi connectivity index (χ1n) is 15.7. The first-order valence-corrected chi connectivity index (χ1v) is 17.1. The van der Waals surface area contributed by atoms with E-state index in [9.17, 15) is 23.1 Å². The highest BCUT2D eigenvalue weighted by atomic mass is 32.2. The SMILES string of the molecule is COC1=CC2C=C(c3c(C(=O)O)nnn3C(C)C)Cn3c(c(C4CCCCC4)c4ccc(C(=O)NS(=O)(=O)N(C)C)cc43)C2C=C1. The van der Waals surface area contributed by atoms with Gasteiger partial charge in [-0.05, 0) is 68.0 Å². The maximum atomic E-state index is 13.3. The lowest BCUT2D eigenvalue weighted by atomic mass is 9.77. The molecule has 2 N–H and O–H groups in total. The van der Waals surface area contributed by atoms with Crippen molar-refractivity contribution in [1.29, 1.82) is 0 Å². The Hall–Kier alpha value is -4.23. The van der Waals surface area contributed by atoms with E-state index in [1.165, 1.54) is 26.1 Å². The zero-order valence-corrected chi connectivity index (χ0v) is 27.5. The third-order valence-electron chi connectivity index (χ3n) is 9.33. The fraction of sp³-hybridized carbons (Fsp3) is 0.455. The number of carbonyl (C=O) groups excluding carboxylic acids is 1. The second-order valence-electron chi connectivity index (χ2n) is 12.7. The van der Waals surface area contributed by atoms with Crippen LogP contribution in [0.5, 0.6) is 0 Å². The molecule has 2 atom stereocenters. The van der Waals surface area contributed by atoms with E-state index in [2.05, 4.69) is 37.8 Å². The van der Waals surface area contributed by atoms with Gasteiger partial charge in [0.25, 0.3) is 5.91 Å². The van der Waals surface area contributed by atoms with Gasteiger partial charge in [0.15, 0.2) is 5.69 Å². The molecule has 6 rings (SSSR count). The van der Waals surface area contributed by atoms with Gasteiger partial charge in [0.2, 0.25) is 0 Å². The minimum Gasteiger partial charge on any atom is -0.497 e. The summed E-state index contributed by atoms with van der Waals surface area (Å²) < 4.78 is 37.6. The summed E-state index contributed by atoms with van der Waals surface area (Å²) in [5.74, 6) is -1.12. The van der Waals surface area contributed by atoms with Crippen molar-refractivity contribution in [2.45, 2.75) is 70.4 Å². The Balaban J connectivity index is 1.62. The number of ether oxygens (including phenoxy) is 1. The topological polar surface area (TPSA) is 149 Å². The molecule has 1 aromatic carbocycles. The smallest absolute Gasteiger partial charge is 0.358 e. The predicted octanol–water partition coefficient (Wildman–Crippen LogP) is 4.99. The van der Waals surface area contributed by atoms with Crippen LogP contribution in [0, 0.1) is 5.92 Å². The van der Waals surface area contributed by atoms with Crippen LogP contribution in [-0.2, 0) is 21.5 Å². The molecule has 1 fully saturated rings. The zero-order chi connectivity index (χ0) is 32.9. The number of nitrogens with zero attached hydrogens (tertiary/aromatic N) is 5. The Morgan fingerprint density at radius 2 is 1.87 bits per heavy atom. The van der Waals surface area contributed by atoms with Crippen molar-refractivity contribution >= 4 is 38.6 Å². The number of hydrogen-bond donors (Lipinski definition) is 2. The highest BCUT2D eigenvalue weighted by Crippen LogP contribution is 2.48. The molecular weight excluding hydrogens is 608 g/mol. The standard InChI is InChI=1S/C33H40N6O6S/c1-19(2)39-30(29(33(41)42)34-36-39)23-15-22-16-24(45-5)12-14-25(22)31-28(20-9-7-6-8-10-20)26-13-11-21(17-27(26)38(31)18-23)32(40)35-46(43,44)37(3)4/h11-17,19-20,22,25H,6-10,18H2,1-5H3,(H,35,40)(H,41,42). The lowest BCUT2D eigenvalue weighted by Gasteiger charge is -2.28. The molecule has 2 unspecified atom stereocenters. The lowest BCUT2D eigenvalue weighted by molar-refractivity contribution is 0.0689. The molecule has 0 bridgehead atoms. The number of amides is 1. The largest absolute Gasteiger partial charge is 0.497 e. The molecule has 0 radical (unpaired) electrons. The predicted molar refractivity (Wildman–Crippen MR) is 174 cm³/mol. The molecule has 244 valence electrons. The summed E-state index contributed by atoms with van der Waals surface area (Å²) >= 11 is 0. The van der Waals surface area contributed by atoms with Crippen molar-refractivity contribution in [3.8, 4) is 0 Å². The van der Waals surface area contributed by atoms with Crippen molar-refractivity contribution in [2.75, 3.05) is 21.2 Å². The van der Waals surface area contributed by atoms with Crippen LogP contribution in [0.1, 0.15) is 102 Å². The third-order valence-corrected chi connectivity index (χ3v) is 10.7. The lowest BCUT2D eigenvalue weighted by Crippen LogP contribution is -2.39. The summed E-state index contributed by atoms with van der Waals surface area (Å²) in [7, 11) is 0.341. The van der Waals surface area contributed by atoms with Crippen LogP contribution in [0.2, 0.25) is 0 Å². The van der Waals surface area contributed by atoms with Gasteiger partial charge < -0.3 is 14.4 Å². The third kappa shape index (κ3) is 5.55. The molecule has 3 aliphatic rings. The summed E-state index contributed by atoms with van der Waals surface area (Å²) in [4.78, 5) is 25.7. The van der Waals surface area contributed by atoms with Gasteiger partial charge in [0.05, 0.1) is 7.11 Å². The Morgan fingerprint density at radius 3 is 2.52 bits per heavy atom. The van der Waals surface area contributed by atoms with Crippen molar-refractivity contribution in [2.24, 2.45) is 5.92 Å². The highest BCUT2D eigenvalue weighted by Gasteiger charge is 2.37. The number of carboxylic acids is 1. The van der Waals surface area contributed by atoms with Crippen molar-refractivity contribution in [3.63, 3.8) is 0 Å². The van der Waals surface area contributed by atoms with Gasteiger partial charge in [0.1, 0.15) is 11.5 Å². The molecular formula is C33H40N6O6S. The van der Waals surface area contributed by atoms with Crippen LogP contribution >= 0.6 is 0 Å². The van der Waals surface area contributed by atoms with E-state index in [-0.39, 0.29) is 29.1 Å². The van der Waals surface area contributed by atoms with E-state index in [1.54, 1.807) is 23.9 Å². The highest BCUT2D eigenvalue weighted by molar-refractivity contribution is 7.87. The van der Waals surface area contributed by atoms with Crippen LogP contribution in [0.15, 0.2) is 48.3 Å². The number of aromatic nitrogens is 4. The minimum atomic E-state index is -4.00. The van der Waals surface area contributed by atoms with Gasteiger partial charge in [-0.1, -0.05) is 42.7 Å². The number of hydrogen-bond acceptors (Lipinski definition) is 7. The van der Waals surface area contributed by atoms with Gasteiger partial charge in [-0.25, -0.2) is 14.2 Å². The number of methoxy groups -OCH3 is 1. The molecule has 1 aliphatic heterocycles. The average molecular weight is 649 g/mol. The first kappa shape index (κ1) is 31.7. The van der Waals surface area contributed by atoms with Gasteiger partial charge in [0, 0.05) is 60.7 Å². The maximum Gasteiger partial charge on any atom is 0.358 e. The maximum absolute atomic E-state index is 13.3. The fourth-order valence-corrected chi connectivity index (χ4v) is 7.63. The van der Waals surface area contributed by atoms with E-state index in [0.29, 0.717) is 18.2 Å². The number of carboxylic acid groups (broad SMARTS) is 1. The van der Waals surface area contributed by atoms with Crippen LogP contribution in [0.3, 0.4) is 0 Å². The summed E-state index contributed by atoms with van der Waals surface area (Å²) in [6.45, 7) is 4.16. The molecule has 0 spiro atoms. The van der Waals surface area contributed by atoms with Crippen molar-refractivity contribution < 1.29 is 27.9 Å². The fourth-order valence-electron chi connectivity index (χ4n) is 7.10. The molecule has 3 heterocycles. The molecule has 12 nitrogen and oxygen atoms in total. The number of aromatic carboxylic acids is 1. The van der Waals surface area contributed by atoms with Gasteiger partial charge in [-0.2, -0.15) is 12.7 Å². The van der Waals surface area contributed by atoms with Crippen LogP contribution in [0.4, 0.5) is 0 Å². The number of fused-ring (bicyclic) bond motifs is 5. The molecule has 1 amide bonds. The van der Waals surface area contributed by atoms with Crippen LogP contribution < -0.4 is 4.72 Å². The van der Waals surface area contributed by atoms with Crippen LogP contribution in [-0.4, -0.2) is 70.5 Å². The molecule has 0 saturated heterocycles. The first-order chi connectivity index (χ1) is 21.9. The van der Waals surface area contributed by atoms with Crippen molar-refractivity contribution in [1.82, 2.24) is 28.6 Å². The molecule has 2 aliphatic carbocycles. The molecule has 2 aromatic heterocycles. The second-order valence-corrected chi connectivity index (χ2v) is 14.6. The summed E-state index contributed by atoms with van der Waals surface area (Å²) in [6.07, 6.45) is 13.8.